The summed E-state index contributed by atoms with van der Waals surface area (Å²) >= 11 is 0.962. The molecule has 0 unspecified atom stereocenters. The SMILES string of the molecule is COc1cc(N=Nc2ccc3cc(SOO[O-])cc(S(=O)(=O)[O-])c3c2)ccc1NC(=O)/C(N=Nc1cc(SOO[O-])ccc1O)=C(\C)O.[Cu].[Na+].[Na+].[Na+]. The maximum atomic E-state index is 13.0. The topological polar surface area (TPSA) is 268 Å². The Morgan fingerprint density at radius 2 is 1.46 bits per heavy atom. The van der Waals surface area contributed by atoms with Crippen LogP contribution in [-0.4, -0.2) is 36.2 Å². The third-order valence-corrected chi connectivity index (χ3v) is 7.93. The molecule has 0 aliphatic carbocycles. The summed E-state index contributed by atoms with van der Waals surface area (Å²) in [5.74, 6) is -1.59. The third kappa shape index (κ3) is 14.5. The number of phenols is 1. The molecule has 4 aromatic carbocycles. The molecule has 4 rings (SSSR count). The standard InChI is InChI=1S/C27H23N5O13S3.Cu.3Na/c1-14(33)26(32-31-22-12-18(46-44-42-36)6-8-23(22)34)27(35)28-21-7-5-17(11-24(21)41-2)30-29-16-4-3-15-9-19(47-45-43-37)13-25(20(15)10-16)48(38,39)40;;;;/h3-13,33-34,36-37H,1-2H3,(H,28,35)(H,38,39,40);;;;/q;;3*+1/p-3/b26-14-,30-29?,32-31?;;;;. The first kappa shape index (κ1) is 50.8. The van der Waals surface area contributed by atoms with E-state index in [1.165, 1.54) is 74.7 Å². The van der Waals surface area contributed by atoms with Crippen molar-refractivity contribution in [2.75, 3.05) is 12.4 Å². The van der Waals surface area contributed by atoms with Gasteiger partial charge in [0, 0.05) is 38.3 Å². The van der Waals surface area contributed by atoms with Gasteiger partial charge >= 0.3 is 88.7 Å². The summed E-state index contributed by atoms with van der Waals surface area (Å²) in [4.78, 5) is 12.9. The second-order valence-corrected chi connectivity index (χ2v) is 11.9. The van der Waals surface area contributed by atoms with E-state index >= 15 is 0 Å². The first-order valence-electron chi connectivity index (χ1n) is 12.8. The molecule has 263 valence electrons. The first-order chi connectivity index (χ1) is 22.9. The summed E-state index contributed by atoms with van der Waals surface area (Å²) in [6.07, 6.45) is 0. The maximum absolute atomic E-state index is 13.0. The molecule has 0 heterocycles. The van der Waals surface area contributed by atoms with Gasteiger partial charge in [-0.3, -0.25) is 14.9 Å². The van der Waals surface area contributed by atoms with Crippen LogP contribution in [0.4, 0.5) is 22.7 Å². The fourth-order valence-corrected chi connectivity index (χ4v) is 5.50. The third-order valence-electron chi connectivity index (χ3n) is 5.94. The Morgan fingerprint density at radius 3 is 2.06 bits per heavy atom. The molecule has 0 atom stereocenters. The number of nitrogens with zero attached hydrogens (tertiary/aromatic N) is 4. The van der Waals surface area contributed by atoms with Crippen molar-refractivity contribution in [2.45, 2.75) is 21.6 Å². The number of amides is 1. The molecule has 0 aliphatic heterocycles. The Morgan fingerprint density at radius 1 is 0.846 bits per heavy atom. The molecule has 0 bridgehead atoms. The summed E-state index contributed by atoms with van der Waals surface area (Å²) in [6.45, 7) is 1.19. The zero-order chi connectivity index (χ0) is 34.8. The van der Waals surface area contributed by atoms with Crippen LogP contribution >= 0.6 is 24.1 Å². The van der Waals surface area contributed by atoms with Crippen molar-refractivity contribution in [2.24, 2.45) is 20.5 Å². The number of allylic oxidation sites excluding steroid dienone is 1. The van der Waals surface area contributed by atoms with Gasteiger partial charge in [-0.05, 0) is 66.9 Å². The van der Waals surface area contributed by atoms with Crippen molar-refractivity contribution in [3.8, 4) is 11.5 Å². The number of methoxy groups -OCH3 is 1. The number of nitrogens with one attached hydrogen (secondary N) is 1. The fraction of sp³-hybridized carbons (Fsp3) is 0.0741. The van der Waals surface area contributed by atoms with E-state index in [1.807, 2.05) is 0 Å². The number of aliphatic hydroxyl groups is 1. The molecular formula is C27H20CuN5Na3O13S3. The van der Waals surface area contributed by atoms with E-state index in [0.717, 1.165) is 6.07 Å². The van der Waals surface area contributed by atoms with Gasteiger partial charge in [-0.25, -0.2) is 8.42 Å². The second-order valence-electron chi connectivity index (χ2n) is 9.04. The first-order valence-corrected chi connectivity index (χ1v) is 15.7. The van der Waals surface area contributed by atoms with Crippen LogP contribution in [0.2, 0.25) is 0 Å². The number of rotatable bonds is 14. The normalized spacial score (nSPS) is 11.6. The number of aliphatic hydroxyl groups excluding tert-OH is 1. The summed E-state index contributed by atoms with van der Waals surface area (Å²) in [5.41, 5.74) is -0.0534. The Kier molecular flexibility index (Phi) is 23.8. The number of phenolic OH excluding ortho intramolecular Hbond substituents is 1. The predicted octanol–water partition coefficient (Wildman–Crippen LogP) is -4.14. The number of aromatic hydroxyl groups is 1. The average Bonchev–Trinajstić information content (AvgIpc) is 3.06. The smallest absolute Gasteiger partial charge is 0.744 e. The van der Waals surface area contributed by atoms with Crippen molar-refractivity contribution in [3.63, 3.8) is 0 Å². The molecule has 0 aromatic heterocycles. The molecule has 3 N–H and O–H groups in total. The van der Waals surface area contributed by atoms with Crippen molar-refractivity contribution in [1.82, 2.24) is 0 Å². The van der Waals surface area contributed by atoms with Gasteiger partial charge in [0.1, 0.15) is 33.1 Å². The summed E-state index contributed by atoms with van der Waals surface area (Å²) in [7, 11) is -3.62. The van der Waals surface area contributed by atoms with Gasteiger partial charge in [0.15, 0.2) is 5.70 Å². The van der Waals surface area contributed by atoms with Crippen LogP contribution in [0.25, 0.3) is 10.8 Å². The van der Waals surface area contributed by atoms with Gasteiger partial charge in [-0.15, -0.1) is 10.2 Å². The number of carbonyl (C=O) groups is 1. The summed E-state index contributed by atoms with van der Waals surface area (Å²) in [5, 5.41) is 65.6. The van der Waals surface area contributed by atoms with Crippen LogP contribution in [0.3, 0.4) is 0 Å². The molecule has 18 nitrogen and oxygen atoms in total. The van der Waals surface area contributed by atoms with Crippen LogP contribution < -0.4 is 109 Å². The van der Waals surface area contributed by atoms with Crippen molar-refractivity contribution in [1.29, 1.82) is 0 Å². The minimum absolute atomic E-state index is 0. The predicted molar refractivity (Wildman–Crippen MR) is 162 cm³/mol. The van der Waals surface area contributed by atoms with Crippen molar-refractivity contribution >= 4 is 73.6 Å². The Bertz CT molecular complexity index is 2040. The van der Waals surface area contributed by atoms with E-state index in [1.54, 1.807) is 0 Å². The van der Waals surface area contributed by atoms with Gasteiger partial charge < -0.3 is 35.3 Å². The number of hydrogen-bond acceptors (Lipinski definition) is 19. The molecule has 4 aromatic rings. The van der Waals surface area contributed by atoms with Gasteiger partial charge in [0.2, 0.25) is 0 Å². The van der Waals surface area contributed by atoms with E-state index in [0.29, 0.717) is 34.4 Å². The molecule has 52 heavy (non-hydrogen) atoms. The monoisotopic (exact) mass is 850 g/mol. The second kappa shape index (κ2) is 24.4. The van der Waals surface area contributed by atoms with Gasteiger partial charge in [0.05, 0.1) is 53.2 Å². The van der Waals surface area contributed by atoms with Crippen LogP contribution in [0.15, 0.2) is 113 Å². The number of fused-ring (bicyclic) bond motifs is 1. The largest absolute Gasteiger partial charge is 1.00 e. The molecule has 0 fully saturated rings. The zero-order valence-corrected chi connectivity index (χ0v) is 36.9. The van der Waals surface area contributed by atoms with Gasteiger partial charge in [-0.1, -0.05) is 6.07 Å². The molecule has 0 spiro atoms. The molecule has 0 saturated carbocycles. The number of azo groups is 2. The Hall–Kier alpha value is -1.16. The Balaban J connectivity index is 0.00000650. The fourth-order valence-electron chi connectivity index (χ4n) is 3.87. The number of carbonyl (C=O) groups excluding carboxylic acids is 1. The van der Waals surface area contributed by atoms with Gasteiger partial charge in [0.25, 0.3) is 5.91 Å². The van der Waals surface area contributed by atoms with Crippen LogP contribution in [0, 0.1) is 0 Å². The number of benzene rings is 4. The maximum Gasteiger partial charge on any atom is 1.00 e. The molecular weight excluding hydrogens is 831 g/mol. The Labute approximate surface area is 381 Å². The minimum atomic E-state index is -4.94. The molecule has 0 aliphatic rings. The van der Waals surface area contributed by atoms with Crippen LogP contribution in [-0.2, 0) is 50.7 Å². The van der Waals surface area contributed by atoms with E-state index < -0.39 is 32.4 Å². The number of ether oxygens (including phenoxy) is 1. The molecule has 25 heteroatoms. The van der Waals surface area contributed by atoms with E-state index in [9.17, 15) is 38.5 Å². The number of hydrogen-bond donors (Lipinski definition) is 3. The van der Waals surface area contributed by atoms with Gasteiger partial charge in [-0.2, -0.15) is 18.9 Å². The van der Waals surface area contributed by atoms with E-state index in [2.05, 4.69) is 44.5 Å². The van der Waals surface area contributed by atoms with E-state index in [-0.39, 0.29) is 150 Å². The van der Waals surface area contributed by atoms with Crippen LogP contribution in [0.1, 0.15) is 6.92 Å². The quantitative estimate of drug-likeness (QED) is 0.0159. The van der Waals surface area contributed by atoms with Crippen molar-refractivity contribution in [3.05, 3.63) is 78.2 Å². The minimum Gasteiger partial charge on any atom is -0.744 e. The molecule has 0 saturated heterocycles. The molecule has 1 radical (unpaired) electrons. The van der Waals surface area contributed by atoms with Crippen LogP contribution in [0.5, 0.6) is 11.5 Å². The zero-order valence-electron chi connectivity index (χ0n) is 27.6. The summed E-state index contributed by atoms with van der Waals surface area (Å²) < 4.78 is 49.6. The average molecular weight is 851 g/mol. The van der Waals surface area contributed by atoms with Crippen molar-refractivity contribution < 1.29 is 168 Å². The summed E-state index contributed by atoms with van der Waals surface area (Å²) in [6, 6.07) is 15.0. The van der Waals surface area contributed by atoms with E-state index in [4.69, 9.17) is 4.74 Å². The number of anilines is 1. The molecule has 1 amide bonds.